The van der Waals surface area contributed by atoms with Crippen molar-refractivity contribution in [3.63, 3.8) is 0 Å². The van der Waals surface area contributed by atoms with Crippen molar-refractivity contribution in [1.29, 1.82) is 0 Å². The van der Waals surface area contributed by atoms with E-state index in [-0.39, 0.29) is 12.1 Å². The summed E-state index contributed by atoms with van der Waals surface area (Å²) in [6.45, 7) is 7.32. The van der Waals surface area contributed by atoms with Gasteiger partial charge in [-0.25, -0.2) is 0 Å². The van der Waals surface area contributed by atoms with E-state index in [2.05, 4.69) is 13.2 Å². The van der Waals surface area contributed by atoms with Crippen molar-refractivity contribution < 1.29 is 9.53 Å². The number of ether oxygens (including phenoxy) is 1. The highest BCUT2D eigenvalue weighted by molar-refractivity contribution is 5.69. The lowest BCUT2D eigenvalue weighted by Gasteiger charge is -2.18. The second-order valence-electron chi connectivity index (χ2n) is 4.44. The van der Waals surface area contributed by atoms with Crippen LogP contribution < -0.4 is 0 Å². The van der Waals surface area contributed by atoms with E-state index in [4.69, 9.17) is 4.74 Å². The Bertz CT molecular complexity index is 395. The Labute approximate surface area is 115 Å². The minimum absolute atomic E-state index is 0.154. The Kier molecular flexibility index (Phi) is 7.33. The molecule has 1 rings (SSSR count). The van der Waals surface area contributed by atoms with Crippen LogP contribution in [0.2, 0.25) is 0 Å². The number of hydrogen-bond acceptors (Lipinski definition) is 2. The molecule has 1 aromatic carbocycles. The van der Waals surface area contributed by atoms with Crippen molar-refractivity contribution >= 4 is 5.97 Å². The van der Waals surface area contributed by atoms with Gasteiger partial charge in [-0.1, -0.05) is 42.5 Å². The molecule has 0 saturated heterocycles. The molecule has 0 aliphatic carbocycles. The molecule has 0 radical (unpaired) electrons. The Morgan fingerprint density at radius 3 is 2.47 bits per heavy atom. The van der Waals surface area contributed by atoms with Crippen molar-refractivity contribution in [1.82, 2.24) is 0 Å². The van der Waals surface area contributed by atoms with Crippen molar-refractivity contribution in [2.75, 3.05) is 0 Å². The summed E-state index contributed by atoms with van der Waals surface area (Å²) in [4.78, 5) is 11.7. The SMILES string of the molecule is C=CCCC[C@H](OC(=O)CCC=C)c1ccccc1. The first kappa shape index (κ1) is 15.2. The van der Waals surface area contributed by atoms with Crippen LogP contribution in [0.5, 0.6) is 0 Å². The van der Waals surface area contributed by atoms with Crippen molar-refractivity contribution in [2.45, 2.75) is 38.2 Å². The average Bonchev–Trinajstić information content (AvgIpc) is 2.45. The fraction of sp³-hybridized carbons (Fsp3) is 0.353. The molecular weight excluding hydrogens is 236 g/mol. The molecule has 0 aliphatic rings. The minimum Gasteiger partial charge on any atom is -0.457 e. The summed E-state index contributed by atoms with van der Waals surface area (Å²) in [6, 6.07) is 9.89. The van der Waals surface area contributed by atoms with Crippen molar-refractivity contribution in [3.8, 4) is 0 Å². The average molecular weight is 258 g/mol. The van der Waals surface area contributed by atoms with Crippen LogP contribution in [0, 0.1) is 0 Å². The summed E-state index contributed by atoms with van der Waals surface area (Å²) in [6.07, 6.45) is 7.26. The first-order valence-corrected chi connectivity index (χ1v) is 6.74. The Morgan fingerprint density at radius 2 is 1.84 bits per heavy atom. The first-order chi connectivity index (χ1) is 9.27. The number of allylic oxidation sites excluding steroid dienone is 2. The fourth-order valence-electron chi connectivity index (χ4n) is 1.85. The molecular formula is C17H22O2. The van der Waals surface area contributed by atoms with Crippen LogP contribution in [-0.2, 0) is 9.53 Å². The molecule has 0 saturated carbocycles. The third-order valence-corrected chi connectivity index (χ3v) is 2.87. The van der Waals surface area contributed by atoms with Gasteiger partial charge in [-0.2, -0.15) is 0 Å². The number of unbranched alkanes of at least 4 members (excludes halogenated alkanes) is 1. The lowest BCUT2D eigenvalue weighted by molar-refractivity contribution is -0.149. The van der Waals surface area contributed by atoms with Crippen LogP contribution in [0.4, 0.5) is 0 Å². The zero-order chi connectivity index (χ0) is 13.9. The van der Waals surface area contributed by atoms with Gasteiger partial charge in [-0.15, -0.1) is 13.2 Å². The highest BCUT2D eigenvalue weighted by Gasteiger charge is 2.15. The topological polar surface area (TPSA) is 26.3 Å². The highest BCUT2D eigenvalue weighted by Crippen LogP contribution is 2.24. The summed E-state index contributed by atoms with van der Waals surface area (Å²) in [5.41, 5.74) is 1.05. The molecule has 0 bridgehead atoms. The summed E-state index contributed by atoms with van der Waals surface area (Å²) in [5.74, 6) is -0.160. The van der Waals surface area contributed by atoms with Gasteiger partial charge in [0, 0.05) is 6.42 Å². The maximum Gasteiger partial charge on any atom is 0.306 e. The largest absolute Gasteiger partial charge is 0.457 e. The van der Waals surface area contributed by atoms with Crippen LogP contribution in [-0.4, -0.2) is 5.97 Å². The summed E-state index contributed by atoms with van der Waals surface area (Å²) < 4.78 is 5.56. The number of benzene rings is 1. The number of esters is 1. The standard InChI is InChI=1S/C17H22O2/c1-3-5-8-13-16(15-11-9-7-10-12-15)19-17(18)14-6-4-2/h3-4,7,9-12,16H,1-2,5-6,8,13-14H2/t16-/m0/s1. The molecule has 19 heavy (non-hydrogen) atoms. The van der Waals surface area contributed by atoms with Crippen molar-refractivity contribution in [2.24, 2.45) is 0 Å². The van der Waals surface area contributed by atoms with E-state index in [0.717, 1.165) is 24.8 Å². The molecule has 1 atom stereocenters. The van der Waals surface area contributed by atoms with E-state index in [1.54, 1.807) is 6.08 Å². The molecule has 0 fully saturated rings. The van der Waals surface area contributed by atoms with Gasteiger partial charge in [0.1, 0.15) is 6.10 Å². The summed E-state index contributed by atoms with van der Waals surface area (Å²) in [5, 5.41) is 0. The van der Waals surface area contributed by atoms with Gasteiger partial charge in [0.25, 0.3) is 0 Å². The quantitative estimate of drug-likeness (QED) is 0.368. The number of carbonyl (C=O) groups is 1. The van der Waals surface area contributed by atoms with Crippen molar-refractivity contribution in [3.05, 3.63) is 61.2 Å². The molecule has 0 N–H and O–H groups in total. The lowest BCUT2D eigenvalue weighted by atomic mass is 10.0. The zero-order valence-corrected chi connectivity index (χ0v) is 11.4. The molecule has 0 spiro atoms. The highest BCUT2D eigenvalue weighted by atomic mass is 16.5. The number of rotatable bonds is 9. The molecule has 1 aromatic rings. The molecule has 0 amide bonds. The third-order valence-electron chi connectivity index (χ3n) is 2.87. The number of carbonyl (C=O) groups excluding carboxylic acids is 1. The molecule has 2 heteroatoms. The van der Waals surface area contributed by atoms with Gasteiger partial charge >= 0.3 is 5.97 Å². The van der Waals surface area contributed by atoms with Gasteiger partial charge in [0.15, 0.2) is 0 Å². The van der Waals surface area contributed by atoms with E-state index in [1.165, 1.54) is 0 Å². The molecule has 0 heterocycles. The lowest BCUT2D eigenvalue weighted by Crippen LogP contribution is -2.11. The van der Waals surface area contributed by atoms with Crippen LogP contribution >= 0.6 is 0 Å². The molecule has 0 aliphatic heterocycles. The van der Waals surface area contributed by atoms with E-state index in [1.807, 2.05) is 36.4 Å². The first-order valence-electron chi connectivity index (χ1n) is 6.74. The van der Waals surface area contributed by atoms with E-state index >= 15 is 0 Å². The monoisotopic (exact) mass is 258 g/mol. The Hall–Kier alpha value is -1.83. The van der Waals surface area contributed by atoms with E-state index < -0.39 is 0 Å². The number of hydrogen-bond donors (Lipinski definition) is 0. The fourth-order valence-corrected chi connectivity index (χ4v) is 1.85. The van der Waals surface area contributed by atoms with Crippen LogP contribution in [0.25, 0.3) is 0 Å². The normalized spacial score (nSPS) is 11.6. The second-order valence-corrected chi connectivity index (χ2v) is 4.44. The van der Waals surface area contributed by atoms with Crippen LogP contribution in [0.1, 0.15) is 43.8 Å². The summed E-state index contributed by atoms with van der Waals surface area (Å²) in [7, 11) is 0. The zero-order valence-electron chi connectivity index (χ0n) is 11.4. The predicted octanol–water partition coefficient (Wildman–Crippen LogP) is 4.59. The maximum absolute atomic E-state index is 11.7. The minimum atomic E-state index is -0.160. The van der Waals surface area contributed by atoms with Gasteiger partial charge in [-0.05, 0) is 31.2 Å². The molecule has 2 nitrogen and oxygen atoms in total. The second kappa shape index (κ2) is 9.15. The van der Waals surface area contributed by atoms with Crippen LogP contribution in [0.15, 0.2) is 55.6 Å². The summed E-state index contributed by atoms with van der Waals surface area (Å²) >= 11 is 0. The van der Waals surface area contributed by atoms with E-state index in [9.17, 15) is 4.79 Å². The Balaban J connectivity index is 2.61. The van der Waals surface area contributed by atoms with Gasteiger partial charge in [0.2, 0.25) is 0 Å². The maximum atomic E-state index is 11.7. The predicted molar refractivity (Wildman–Crippen MR) is 78.8 cm³/mol. The molecule has 102 valence electrons. The van der Waals surface area contributed by atoms with Gasteiger partial charge in [-0.3, -0.25) is 4.79 Å². The smallest absolute Gasteiger partial charge is 0.306 e. The van der Waals surface area contributed by atoms with E-state index in [0.29, 0.717) is 12.8 Å². The molecule has 0 aromatic heterocycles. The van der Waals surface area contributed by atoms with Gasteiger partial charge in [0.05, 0.1) is 0 Å². The molecule has 0 unspecified atom stereocenters. The third kappa shape index (κ3) is 6.05. The van der Waals surface area contributed by atoms with Gasteiger partial charge < -0.3 is 4.74 Å². The van der Waals surface area contributed by atoms with Crippen LogP contribution in [0.3, 0.4) is 0 Å². The Morgan fingerprint density at radius 1 is 1.16 bits per heavy atom.